The van der Waals surface area contributed by atoms with E-state index in [2.05, 4.69) is 20.8 Å². The molecule has 0 saturated carbocycles. The number of carbonyl (C=O) groups is 1. The molecule has 2 N–H and O–H groups in total. The lowest BCUT2D eigenvalue weighted by Gasteiger charge is -2.24. The molecule has 7 heteroatoms. The van der Waals surface area contributed by atoms with Gasteiger partial charge in [-0.25, -0.2) is 0 Å². The Balaban J connectivity index is 1.81. The van der Waals surface area contributed by atoms with Gasteiger partial charge in [-0.05, 0) is 12.1 Å². The lowest BCUT2D eigenvalue weighted by molar-refractivity contribution is 0.0949. The van der Waals surface area contributed by atoms with Crippen LogP contribution in [-0.4, -0.2) is 29.6 Å². The van der Waals surface area contributed by atoms with Crippen LogP contribution >= 0.6 is 0 Å². The summed E-state index contributed by atoms with van der Waals surface area (Å²) >= 11 is 0. The molecule has 98 valence electrons. The van der Waals surface area contributed by atoms with E-state index >= 15 is 0 Å². The Hall–Kier alpha value is -2.57. The number of nitrogens with zero attached hydrogens (tertiary/aromatic N) is 2. The van der Waals surface area contributed by atoms with Crippen LogP contribution in [0.15, 0.2) is 28.8 Å². The van der Waals surface area contributed by atoms with Crippen LogP contribution in [-0.2, 0) is 0 Å². The van der Waals surface area contributed by atoms with Gasteiger partial charge in [0.2, 0.25) is 0 Å². The first-order chi connectivity index (χ1) is 9.28. The van der Waals surface area contributed by atoms with Crippen LogP contribution < -0.4 is 15.4 Å². The number of benzene rings is 1. The molecule has 1 aromatic carbocycles. The molecule has 2 aromatic rings. The van der Waals surface area contributed by atoms with Crippen LogP contribution in [0.3, 0.4) is 0 Å². The Morgan fingerprint density at radius 3 is 3.16 bits per heavy atom. The molecule has 0 spiro atoms. The van der Waals surface area contributed by atoms with Crippen molar-refractivity contribution in [1.29, 1.82) is 0 Å². The molecular formula is C12H12N4O3. The highest BCUT2D eigenvalue weighted by atomic mass is 16.5. The topological polar surface area (TPSA) is 89.3 Å². The van der Waals surface area contributed by atoms with Crippen molar-refractivity contribution in [3.05, 3.63) is 36.0 Å². The normalized spacial score (nSPS) is 17.0. The quantitative estimate of drug-likeness (QED) is 0.836. The van der Waals surface area contributed by atoms with Crippen molar-refractivity contribution in [3.63, 3.8) is 0 Å². The maximum atomic E-state index is 11.4. The molecular weight excluding hydrogens is 248 g/mol. The summed E-state index contributed by atoms with van der Waals surface area (Å²) in [5, 5.41) is 9.26. The van der Waals surface area contributed by atoms with Gasteiger partial charge in [-0.15, -0.1) is 0 Å². The summed E-state index contributed by atoms with van der Waals surface area (Å²) in [5.74, 6) is 0.609. The lowest BCUT2D eigenvalue weighted by Crippen LogP contribution is -2.24. The third kappa shape index (κ3) is 2.10. The Kier molecular flexibility index (Phi) is 2.79. The molecule has 1 aromatic heterocycles. The van der Waals surface area contributed by atoms with Crippen LogP contribution in [0.4, 0.5) is 5.69 Å². The average Bonchev–Trinajstić information content (AvgIpc) is 2.95. The highest BCUT2D eigenvalue weighted by Gasteiger charge is 2.26. The minimum atomic E-state index is -0.402. The van der Waals surface area contributed by atoms with Gasteiger partial charge in [0.25, 0.3) is 17.6 Å². The van der Waals surface area contributed by atoms with Gasteiger partial charge in [-0.2, -0.15) is 4.98 Å². The van der Waals surface area contributed by atoms with E-state index in [-0.39, 0.29) is 17.6 Å². The number of nitrogens with one attached hydrogen (secondary N) is 2. The minimum Gasteiger partial charge on any atom is -0.477 e. The minimum absolute atomic E-state index is 0.0000383. The number of hydrogen-bond acceptors (Lipinski definition) is 6. The average molecular weight is 260 g/mol. The van der Waals surface area contributed by atoms with Crippen LogP contribution in [0.25, 0.3) is 0 Å². The second-order valence-corrected chi connectivity index (χ2v) is 4.02. The number of carbonyl (C=O) groups excluding carboxylic acids is 1. The summed E-state index contributed by atoms with van der Waals surface area (Å²) in [7, 11) is 1.51. The lowest BCUT2D eigenvalue weighted by atomic mass is 10.2. The molecule has 3 rings (SSSR count). The molecule has 1 unspecified atom stereocenters. The first-order valence-corrected chi connectivity index (χ1v) is 5.83. The zero-order valence-electron chi connectivity index (χ0n) is 10.2. The highest BCUT2D eigenvalue weighted by molar-refractivity contribution is 5.89. The Morgan fingerprint density at radius 1 is 1.47 bits per heavy atom. The maximum absolute atomic E-state index is 11.4. The molecule has 19 heavy (non-hydrogen) atoms. The molecule has 0 fully saturated rings. The van der Waals surface area contributed by atoms with Gasteiger partial charge < -0.3 is 19.9 Å². The molecule has 1 atom stereocenters. The van der Waals surface area contributed by atoms with Crippen LogP contribution in [0.5, 0.6) is 5.75 Å². The number of fused-ring (bicyclic) bond motifs is 1. The summed E-state index contributed by atoms with van der Waals surface area (Å²) in [6, 6.07) is 7.58. The molecule has 1 amide bonds. The van der Waals surface area contributed by atoms with Gasteiger partial charge >= 0.3 is 0 Å². The molecule has 2 heterocycles. The molecule has 0 radical (unpaired) electrons. The molecule has 1 aliphatic rings. The fraction of sp³-hybridized carbons (Fsp3) is 0.250. The zero-order valence-corrected chi connectivity index (χ0v) is 10.2. The number of rotatable bonds is 2. The van der Waals surface area contributed by atoms with E-state index in [1.54, 1.807) is 0 Å². The van der Waals surface area contributed by atoms with E-state index in [9.17, 15) is 4.79 Å². The summed E-state index contributed by atoms with van der Waals surface area (Å²) in [6.45, 7) is 0.506. The SMILES string of the molecule is CNC(=O)c1noc(C2CNc3ccccc3O2)n1. The number of hydrogen-bond donors (Lipinski definition) is 2. The van der Waals surface area contributed by atoms with Crippen molar-refractivity contribution in [2.45, 2.75) is 6.10 Å². The van der Waals surface area contributed by atoms with Gasteiger partial charge in [-0.1, -0.05) is 17.3 Å². The third-order valence-electron chi connectivity index (χ3n) is 2.78. The van der Waals surface area contributed by atoms with Crippen LogP contribution in [0.1, 0.15) is 22.6 Å². The first kappa shape index (κ1) is 11.5. The van der Waals surface area contributed by atoms with E-state index in [4.69, 9.17) is 9.26 Å². The summed E-state index contributed by atoms with van der Waals surface area (Å²) in [5.41, 5.74) is 0.921. The van der Waals surface area contributed by atoms with Gasteiger partial charge in [0.05, 0.1) is 12.2 Å². The van der Waals surface area contributed by atoms with Crippen molar-refractivity contribution in [2.24, 2.45) is 0 Å². The summed E-state index contributed by atoms with van der Waals surface area (Å²) in [4.78, 5) is 15.4. The standard InChI is InChI=1S/C12H12N4O3/c1-13-11(17)10-15-12(19-16-10)9-6-14-7-4-2-3-5-8(7)18-9/h2-5,9,14H,6H2,1H3,(H,13,17). The monoisotopic (exact) mass is 260 g/mol. The number of aromatic nitrogens is 2. The van der Waals surface area contributed by atoms with Crippen molar-refractivity contribution in [1.82, 2.24) is 15.5 Å². The molecule has 0 aliphatic carbocycles. The smallest absolute Gasteiger partial charge is 0.292 e. The number of ether oxygens (including phenoxy) is 1. The number of para-hydroxylation sites is 2. The summed E-state index contributed by atoms with van der Waals surface area (Å²) < 4.78 is 10.8. The van der Waals surface area contributed by atoms with E-state index in [1.807, 2.05) is 24.3 Å². The molecule has 7 nitrogen and oxygen atoms in total. The zero-order chi connectivity index (χ0) is 13.2. The molecule has 1 aliphatic heterocycles. The molecule has 0 saturated heterocycles. The predicted molar refractivity (Wildman–Crippen MR) is 66.0 cm³/mol. The number of amides is 1. The van der Waals surface area contributed by atoms with Gasteiger partial charge in [0.15, 0.2) is 6.10 Å². The Labute approximate surface area is 109 Å². The largest absolute Gasteiger partial charge is 0.477 e. The Bertz CT molecular complexity index is 611. The van der Waals surface area contributed by atoms with E-state index in [0.29, 0.717) is 6.54 Å². The first-order valence-electron chi connectivity index (χ1n) is 5.83. The van der Waals surface area contributed by atoms with Gasteiger partial charge in [0, 0.05) is 7.05 Å². The maximum Gasteiger partial charge on any atom is 0.292 e. The van der Waals surface area contributed by atoms with Crippen molar-refractivity contribution < 1.29 is 14.1 Å². The fourth-order valence-corrected chi connectivity index (χ4v) is 1.82. The van der Waals surface area contributed by atoms with Crippen molar-refractivity contribution >= 4 is 11.6 Å². The van der Waals surface area contributed by atoms with Gasteiger partial charge in [-0.3, -0.25) is 4.79 Å². The summed E-state index contributed by atoms with van der Waals surface area (Å²) in [6.07, 6.45) is -0.402. The van der Waals surface area contributed by atoms with Crippen LogP contribution in [0, 0.1) is 0 Å². The molecule has 0 bridgehead atoms. The second-order valence-electron chi connectivity index (χ2n) is 4.02. The Morgan fingerprint density at radius 2 is 2.32 bits per heavy atom. The van der Waals surface area contributed by atoms with Crippen molar-refractivity contribution in [3.8, 4) is 5.75 Å². The van der Waals surface area contributed by atoms with E-state index in [0.717, 1.165) is 11.4 Å². The third-order valence-corrected chi connectivity index (χ3v) is 2.78. The fourth-order valence-electron chi connectivity index (χ4n) is 1.82. The highest BCUT2D eigenvalue weighted by Crippen LogP contribution is 2.33. The van der Waals surface area contributed by atoms with Crippen molar-refractivity contribution in [2.75, 3.05) is 18.9 Å². The van der Waals surface area contributed by atoms with Gasteiger partial charge in [0.1, 0.15) is 5.75 Å². The second kappa shape index (κ2) is 4.60. The van der Waals surface area contributed by atoms with Crippen LogP contribution in [0.2, 0.25) is 0 Å². The van der Waals surface area contributed by atoms with E-state index < -0.39 is 6.10 Å². The number of anilines is 1. The van der Waals surface area contributed by atoms with E-state index in [1.165, 1.54) is 7.05 Å². The predicted octanol–water partition coefficient (Wildman–Crippen LogP) is 0.975.